The third kappa shape index (κ3) is 6.54. The summed E-state index contributed by atoms with van der Waals surface area (Å²) < 4.78 is 7.92. The SMILES string of the molecule is Cc1cccc(NC(=O)CCN2C(=S)N[C@@H](c3ccccn3)[C@@H]2c2cc(C)n(CCCN3CCOCC3)c2C)c1. The lowest BCUT2D eigenvalue weighted by Crippen LogP contribution is -2.37. The third-order valence-electron chi connectivity index (χ3n) is 7.97. The van der Waals surface area contributed by atoms with Gasteiger partial charge in [-0.15, -0.1) is 0 Å². The standard InChI is InChI=1S/C31H40N6O2S/c1-22-8-6-9-25(20-22)33-28(38)11-15-37-30(29(34-31(37)40)27-10-4-5-12-32-27)26-21-23(2)36(24(26)3)14-7-13-35-16-18-39-19-17-35/h4-6,8-10,12,20-21,29-30H,7,11,13-19H2,1-3H3,(H,33,38)(H,34,40)/t29-,30-/m0/s1. The number of hydrogen-bond acceptors (Lipinski definition) is 5. The van der Waals surface area contributed by atoms with Crippen LogP contribution in [0.2, 0.25) is 0 Å². The number of rotatable bonds is 10. The number of anilines is 1. The summed E-state index contributed by atoms with van der Waals surface area (Å²) in [5.74, 6) is -0.0259. The molecular weight excluding hydrogens is 520 g/mol. The summed E-state index contributed by atoms with van der Waals surface area (Å²) in [5, 5.41) is 7.22. The summed E-state index contributed by atoms with van der Waals surface area (Å²) in [6, 6.07) is 16.0. The van der Waals surface area contributed by atoms with Crippen LogP contribution >= 0.6 is 12.2 Å². The van der Waals surface area contributed by atoms with Gasteiger partial charge in [-0.05, 0) is 80.9 Å². The van der Waals surface area contributed by atoms with Gasteiger partial charge in [-0.25, -0.2) is 0 Å². The van der Waals surface area contributed by atoms with E-state index in [1.807, 2.05) is 55.6 Å². The van der Waals surface area contributed by atoms with Gasteiger partial charge in [0.05, 0.1) is 31.0 Å². The van der Waals surface area contributed by atoms with Crippen LogP contribution in [0.5, 0.6) is 0 Å². The van der Waals surface area contributed by atoms with Crippen LogP contribution in [0, 0.1) is 20.8 Å². The number of carbonyl (C=O) groups excluding carboxylic acids is 1. The molecule has 0 saturated carbocycles. The Morgan fingerprint density at radius 2 is 1.90 bits per heavy atom. The van der Waals surface area contributed by atoms with Crippen LogP contribution in [0.15, 0.2) is 54.7 Å². The molecule has 2 aliphatic heterocycles. The molecule has 2 fully saturated rings. The Kier molecular flexibility index (Phi) is 9.14. The van der Waals surface area contributed by atoms with Gasteiger partial charge in [-0.2, -0.15) is 0 Å². The molecular formula is C31H40N6O2S. The molecule has 40 heavy (non-hydrogen) atoms. The lowest BCUT2D eigenvalue weighted by molar-refractivity contribution is -0.116. The first kappa shape index (κ1) is 28.3. The number of nitrogens with zero attached hydrogens (tertiary/aromatic N) is 4. The van der Waals surface area contributed by atoms with Crippen LogP contribution in [0.1, 0.15) is 53.1 Å². The van der Waals surface area contributed by atoms with Crippen LogP contribution in [-0.4, -0.2) is 69.8 Å². The summed E-state index contributed by atoms with van der Waals surface area (Å²) in [4.78, 5) is 22.3. The molecule has 9 heteroatoms. The Labute approximate surface area is 242 Å². The molecule has 3 aromatic rings. The number of pyridine rings is 1. The van der Waals surface area contributed by atoms with E-state index in [1.165, 1.54) is 17.0 Å². The van der Waals surface area contributed by atoms with Crippen molar-refractivity contribution >= 4 is 28.9 Å². The molecule has 4 heterocycles. The Hall–Kier alpha value is -3.27. The molecule has 0 aliphatic carbocycles. The predicted molar refractivity (Wildman–Crippen MR) is 162 cm³/mol. The van der Waals surface area contributed by atoms with E-state index < -0.39 is 0 Å². The second kappa shape index (κ2) is 12.9. The van der Waals surface area contributed by atoms with Crippen molar-refractivity contribution in [2.75, 3.05) is 44.7 Å². The molecule has 2 N–H and O–H groups in total. The minimum Gasteiger partial charge on any atom is -0.379 e. The Balaban J connectivity index is 1.34. The number of thiocarbonyl (C=S) groups is 1. The highest BCUT2D eigenvalue weighted by atomic mass is 32.1. The molecule has 1 aromatic carbocycles. The first-order chi connectivity index (χ1) is 19.4. The van der Waals surface area contributed by atoms with Crippen molar-refractivity contribution < 1.29 is 9.53 Å². The van der Waals surface area contributed by atoms with Gasteiger partial charge >= 0.3 is 0 Å². The zero-order valence-corrected chi connectivity index (χ0v) is 24.5. The van der Waals surface area contributed by atoms with Gasteiger partial charge in [0, 0.05) is 62.4 Å². The van der Waals surface area contributed by atoms with E-state index in [-0.39, 0.29) is 18.0 Å². The number of hydrogen-bond donors (Lipinski definition) is 2. The monoisotopic (exact) mass is 560 g/mol. The average molecular weight is 561 g/mol. The Morgan fingerprint density at radius 1 is 1.07 bits per heavy atom. The van der Waals surface area contributed by atoms with Gasteiger partial charge < -0.3 is 24.8 Å². The topological polar surface area (TPSA) is 74.7 Å². The third-order valence-corrected chi connectivity index (χ3v) is 8.32. The highest BCUT2D eigenvalue weighted by Crippen LogP contribution is 2.41. The summed E-state index contributed by atoms with van der Waals surface area (Å²) in [7, 11) is 0. The Morgan fingerprint density at radius 3 is 2.65 bits per heavy atom. The molecule has 2 aliphatic rings. The van der Waals surface area contributed by atoms with Crippen molar-refractivity contribution in [2.45, 2.75) is 52.2 Å². The Bertz CT molecular complexity index is 1320. The van der Waals surface area contributed by atoms with E-state index in [1.54, 1.807) is 0 Å². The summed E-state index contributed by atoms with van der Waals surface area (Å²) in [6.45, 7) is 12.6. The summed E-state index contributed by atoms with van der Waals surface area (Å²) in [6.07, 6.45) is 3.24. The highest BCUT2D eigenvalue weighted by molar-refractivity contribution is 7.80. The van der Waals surface area contributed by atoms with Gasteiger partial charge in [-0.3, -0.25) is 14.7 Å². The zero-order valence-electron chi connectivity index (χ0n) is 23.7. The van der Waals surface area contributed by atoms with Crippen molar-refractivity contribution in [2.24, 2.45) is 0 Å². The minimum absolute atomic E-state index is 0.0259. The van der Waals surface area contributed by atoms with E-state index in [0.29, 0.717) is 18.1 Å². The molecule has 8 nitrogen and oxygen atoms in total. The first-order valence-corrected chi connectivity index (χ1v) is 14.6. The number of ether oxygens (including phenoxy) is 1. The molecule has 0 unspecified atom stereocenters. The quantitative estimate of drug-likeness (QED) is 0.353. The van der Waals surface area contributed by atoms with E-state index in [4.69, 9.17) is 17.0 Å². The number of aromatic nitrogens is 2. The summed E-state index contributed by atoms with van der Waals surface area (Å²) in [5.41, 5.74) is 6.58. The number of nitrogens with one attached hydrogen (secondary N) is 2. The number of aryl methyl sites for hydroxylation is 2. The maximum atomic E-state index is 12.9. The molecule has 2 aromatic heterocycles. The van der Waals surface area contributed by atoms with Crippen LogP contribution in [-0.2, 0) is 16.1 Å². The molecule has 5 rings (SSSR count). The second-order valence-corrected chi connectivity index (χ2v) is 11.2. The highest BCUT2D eigenvalue weighted by Gasteiger charge is 2.41. The van der Waals surface area contributed by atoms with Crippen molar-refractivity contribution in [1.29, 1.82) is 0 Å². The zero-order chi connectivity index (χ0) is 28.1. The van der Waals surface area contributed by atoms with Crippen molar-refractivity contribution in [1.82, 2.24) is 24.7 Å². The van der Waals surface area contributed by atoms with Crippen LogP contribution in [0.4, 0.5) is 5.69 Å². The fourth-order valence-electron chi connectivity index (χ4n) is 5.90. The van der Waals surface area contributed by atoms with Crippen LogP contribution in [0.3, 0.4) is 0 Å². The average Bonchev–Trinajstić information content (AvgIpc) is 3.43. The number of benzene rings is 1. The fourth-order valence-corrected chi connectivity index (χ4v) is 6.23. The molecule has 0 spiro atoms. The van der Waals surface area contributed by atoms with Crippen molar-refractivity contribution in [3.63, 3.8) is 0 Å². The molecule has 2 saturated heterocycles. The molecule has 2 atom stereocenters. The number of morpholine rings is 1. The van der Waals surface area contributed by atoms with Gasteiger partial charge in [-0.1, -0.05) is 18.2 Å². The maximum Gasteiger partial charge on any atom is 0.226 e. The first-order valence-electron chi connectivity index (χ1n) is 14.2. The van der Waals surface area contributed by atoms with E-state index in [9.17, 15) is 4.79 Å². The fraction of sp³-hybridized carbons (Fsp3) is 0.452. The van der Waals surface area contributed by atoms with E-state index in [0.717, 1.165) is 62.8 Å². The minimum atomic E-state index is -0.101. The predicted octanol–water partition coefficient (Wildman–Crippen LogP) is 4.53. The van der Waals surface area contributed by atoms with Gasteiger partial charge in [0.2, 0.25) is 5.91 Å². The van der Waals surface area contributed by atoms with Gasteiger partial charge in [0.25, 0.3) is 0 Å². The molecule has 0 radical (unpaired) electrons. The van der Waals surface area contributed by atoms with E-state index >= 15 is 0 Å². The van der Waals surface area contributed by atoms with Crippen LogP contribution < -0.4 is 10.6 Å². The maximum absolute atomic E-state index is 12.9. The van der Waals surface area contributed by atoms with Crippen LogP contribution in [0.25, 0.3) is 0 Å². The van der Waals surface area contributed by atoms with Gasteiger partial charge in [0.1, 0.15) is 0 Å². The molecule has 212 valence electrons. The molecule has 1 amide bonds. The number of amides is 1. The normalized spacial score (nSPS) is 19.6. The lowest BCUT2D eigenvalue weighted by atomic mass is 9.96. The largest absolute Gasteiger partial charge is 0.379 e. The van der Waals surface area contributed by atoms with Crippen molar-refractivity contribution in [3.8, 4) is 0 Å². The smallest absolute Gasteiger partial charge is 0.226 e. The number of carbonyl (C=O) groups is 1. The van der Waals surface area contributed by atoms with Gasteiger partial charge in [0.15, 0.2) is 5.11 Å². The summed E-state index contributed by atoms with van der Waals surface area (Å²) >= 11 is 5.85. The second-order valence-electron chi connectivity index (χ2n) is 10.8. The lowest BCUT2D eigenvalue weighted by Gasteiger charge is -2.28. The van der Waals surface area contributed by atoms with E-state index in [2.05, 4.69) is 49.9 Å². The van der Waals surface area contributed by atoms with Crippen molar-refractivity contribution in [3.05, 3.63) is 82.9 Å². The molecule has 0 bridgehead atoms.